The summed E-state index contributed by atoms with van der Waals surface area (Å²) in [4.78, 5) is 11.7. The zero-order valence-corrected chi connectivity index (χ0v) is 9.78. The number of Topliss-reactive ketones (excluding diaryl/α,β-unsaturated/α-hetero) is 1. The normalized spacial score (nSPS) is 19.8. The van der Waals surface area contributed by atoms with Gasteiger partial charge in [-0.2, -0.15) is 0 Å². The molecule has 0 fully saturated rings. The van der Waals surface area contributed by atoms with Gasteiger partial charge in [-0.05, 0) is 29.9 Å². The number of fused-ring (bicyclic) bond motifs is 1. The first-order chi connectivity index (χ1) is 7.70. The van der Waals surface area contributed by atoms with Gasteiger partial charge >= 0.3 is 0 Å². The van der Waals surface area contributed by atoms with Crippen molar-refractivity contribution in [2.45, 2.75) is 44.6 Å². The number of carbonyl (C=O) groups excluding carboxylic acids is 1. The van der Waals surface area contributed by atoms with E-state index in [1.165, 1.54) is 11.1 Å². The van der Waals surface area contributed by atoms with Crippen LogP contribution in [-0.4, -0.2) is 11.8 Å². The fraction of sp³-hybridized carbons (Fsp3) is 0.500. The molecular formula is C14H19NO. The standard InChI is InChI=1S/C14H19NO/c1-2-12(15)9-13(16)8-11-7-10-5-3-4-6-14(10)11/h3-6,11-12H,2,7-9,15H2,1H3. The van der Waals surface area contributed by atoms with Crippen LogP contribution in [0, 0.1) is 0 Å². The monoisotopic (exact) mass is 217 g/mol. The Morgan fingerprint density at radius 2 is 2.25 bits per heavy atom. The molecule has 1 aromatic carbocycles. The molecule has 86 valence electrons. The quantitative estimate of drug-likeness (QED) is 0.823. The number of hydrogen-bond acceptors (Lipinski definition) is 2. The molecule has 0 radical (unpaired) electrons. The van der Waals surface area contributed by atoms with Gasteiger partial charge < -0.3 is 5.73 Å². The lowest BCUT2D eigenvalue weighted by molar-refractivity contribution is -0.119. The van der Waals surface area contributed by atoms with E-state index in [0.29, 0.717) is 24.5 Å². The molecule has 0 saturated heterocycles. The third-order valence-electron chi connectivity index (χ3n) is 3.45. The summed E-state index contributed by atoms with van der Waals surface area (Å²) in [6, 6.07) is 8.43. The van der Waals surface area contributed by atoms with Crippen LogP contribution >= 0.6 is 0 Å². The SMILES string of the molecule is CCC(N)CC(=O)CC1Cc2ccccc21. The van der Waals surface area contributed by atoms with E-state index in [9.17, 15) is 4.79 Å². The smallest absolute Gasteiger partial charge is 0.135 e. The van der Waals surface area contributed by atoms with Crippen LogP contribution in [0.1, 0.15) is 43.2 Å². The van der Waals surface area contributed by atoms with Gasteiger partial charge in [0.05, 0.1) is 0 Å². The number of nitrogens with two attached hydrogens (primary N) is 1. The zero-order valence-electron chi connectivity index (χ0n) is 9.78. The van der Waals surface area contributed by atoms with Gasteiger partial charge in [-0.15, -0.1) is 0 Å². The molecule has 0 saturated carbocycles. The van der Waals surface area contributed by atoms with E-state index >= 15 is 0 Å². The van der Waals surface area contributed by atoms with Crippen molar-refractivity contribution in [2.75, 3.05) is 0 Å². The van der Waals surface area contributed by atoms with E-state index in [-0.39, 0.29) is 6.04 Å². The largest absolute Gasteiger partial charge is 0.327 e. The number of rotatable bonds is 5. The fourth-order valence-corrected chi connectivity index (χ4v) is 2.34. The second kappa shape index (κ2) is 4.79. The lowest BCUT2D eigenvalue weighted by Crippen LogP contribution is -2.26. The van der Waals surface area contributed by atoms with Crippen molar-refractivity contribution in [3.8, 4) is 0 Å². The topological polar surface area (TPSA) is 43.1 Å². The molecule has 2 nitrogen and oxygen atoms in total. The number of carbonyl (C=O) groups is 1. The summed E-state index contributed by atoms with van der Waals surface area (Å²) in [6.45, 7) is 2.02. The fourth-order valence-electron chi connectivity index (χ4n) is 2.34. The molecule has 0 heterocycles. The third-order valence-corrected chi connectivity index (χ3v) is 3.45. The molecule has 1 aromatic rings. The Hall–Kier alpha value is -1.15. The maximum Gasteiger partial charge on any atom is 0.135 e. The summed E-state index contributed by atoms with van der Waals surface area (Å²) >= 11 is 0. The van der Waals surface area contributed by atoms with Crippen molar-refractivity contribution < 1.29 is 4.79 Å². The van der Waals surface area contributed by atoms with E-state index in [4.69, 9.17) is 5.73 Å². The van der Waals surface area contributed by atoms with Gasteiger partial charge in [0.15, 0.2) is 0 Å². The van der Waals surface area contributed by atoms with Crippen molar-refractivity contribution in [3.63, 3.8) is 0 Å². The van der Waals surface area contributed by atoms with Gasteiger partial charge in [-0.1, -0.05) is 31.2 Å². The van der Waals surface area contributed by atoms with E-state index in [1.54, 1.807) is 0 Å². The number of ketones is 1. The van der Waals surface area contributed by atoms with E-state index in [1.807, 2.05) is 13.0 Å². The molecule has 16 heavy (non-hydrogen) atoms. The predicted octanol–water partition coefficient (Wildman–Crippen LogP) is 2.41. The van der Waals surface area contributed by atoms with Crippen LogP contribution in [0.25, 0.3) is 0 Å². The Morgan fingerprint density at radius 1 is 1.50 bits per heavy atom. The molecule has 2 rings (SSSR count). The number of benzene rings is 1. The second-order valence-electron chi connectivity index (χ2n) is 4.72. The highest BCUT2D eigenvalue weighted by Crippen LogP contribution is 2.37. The molecule has 2 heteroatoms. The van der Waals surface area contributed by atoms with Crippen LogP contribution in [0.2, 0.25) is 0 Å². The Morgan fingerprint density at radius 3 is 2.94 bits per heavy atom. The van der Waals surface area contributed by atoms with E-state index in [2.05, 4.69) is 18.2 Å². The molecule has 0 aliphatic heterocycles. The molecule has 0 spiro atoms. The van der Waals surface area contributed by atoms with E-state index in [0.717, 1.165) is 12.8 Å². The molecule has 1 aliphatic rings. The molecule has 0 aromatic heterocycles. The van der Waals surface area contributed by atoms with Crippen LogP contribution in [0.3, 0.4) is 0 Å². The maximum atomic E-state index is 11.7. The minimum absolute atomic E-state index is 0.0443. The van der Waals surface area contributed by atoms with Crippen molar-refractivity contribution in [2.24, 2.45) is 5.73 Å². The van der Waals surface area contributed by atoms with E-state index < -0.39 is 0 Å². The predicted molar refractivity (Wildman–Crippen MR) is 65.4 cm³/mol. The number of hydrogen-bond donors (Lipinski definition) is 1. The molecule has 1 aliphatic carbocycles. The first-order valence-electron chi connectivity index (χ1n) is 6.05. The lowest BCUT2D eigenvalue weighted by atomic mass is 9.74. The van der Waals surface area contributed by atoms with Crippen molar-refractivity contribution in [1.82, 2.24) is 0 Å². The van der Waals surface area contributed by atoms with Crippen LogP contribution in [-0.2, 0) is 11.2 Å². The Kier molecular flexibility index (Phi) is 3.39. The summed E-state index contributed by atoms with van der Waals surface area (Å²) in [5.74, 6) is 0.765. The van der Waals surface area contributed by atoms with Gasteiger partial charge in [0.25, 0.3) is 0 Å². The highest BCUT2D eigenvalue weighted by Gasteiger charge is 2.27. The van der Waals surface area contributed by atoms with Crippen molar-refractivity contribution in [1.29, 1.82) is 0 Å². The van der Waals surface area contributed by atoms with Crippen molar-refractivity contribution >= 4 is 5.78 Å². The highest BCUT2D eigenvalue weighted by atomic mass is 16.1. The Balaban J connectivity index is 1.87. The molecule has 2 unspecified atom stereocenters. The summed E-state index contributed by atoms with van der Waals surface area (Å²) in [7, 11) is 0. The van der Waals surface area contributed by atoms with Crippen LogP contribution < -0.4 is 5.73 Å². The first kappa shape index (κ1) is 11.3. The molecule has 2 N–H and O–H groups in total. The molecule has 2 atom stereocenters. The summed E-state index contributed by atoms with van der Waals surface area (Å²) in [5.41, 5.74) is 8.55. The van der Waals surface area contributed by atoms with Crippen LogP contribution in [0.4, 0.5) is 0 Å². The second-order valence-corrected chi connectivity index (χ2v) is 4.72. The summed E-state index contributed by atoms with van der Waals surface area (Å²) < 4.78 is 0. The van der Waals surface area contributed by atoms with Gasteiger partial charge in [0.1, 0.15) is 5.78 Å². The van der Waals surface area contributed by atoms with Crippen molar-refractivity contribution in [3.05, 3.63) is 35.4 Å². The lowest BCUT2D eigenvalue weighted by Gasteiger charge is -2.29. The van der Waals surface area contributed by atoms with Gasteiger partial charge in [0, 0.05) is 18.9 Å². The Labute approximate surface area is 96.8 Å². The minimum atomic E-state index is 0.0443. The summed E-state index contributed by atoms with van der Waals surface area (Å²) in [5, 5.41) is 0. The first-order valence-corrected chi connectivity index (χ1v) is 6.05. The third kappa shape index (κ3) is 2.33. The van der Waals surface area contributed by atoms with Crippen LogP contribution in [0.15, 0.2) is 24.3 Å². The molecular weight excluding hydrogens is 198 g/mol. The highest BCUT2D eigenvalue weighted by molar-refractivity contribution is 5.80. The zero-order chi connectivity index (χ0) is 11.5. The molecule has 0 bridgehead atoms. The minimum Gasteiger partial charge on any atom is -0.327 e. The average Bonchev–Trinajstić information content (AvgIpc) is 2.26. The maximum absolute atomic E-state index is 11.7. The van der Waals surface area contributed by atoms with Gasteiger partial charge in [-0.3, -0.25) is 4.79 Å². The van der Waals surface area contributed by atoms with Gasteiger partial charge in [0.2, 0.25) is 0 Å². The molecule has 0 amide bonds. The summed E-state index contributed by atoms with van der Waals surface area (Å²) in [6.07, 6.45) is 3.15. The van der Waals surface area contributed by atoms with Gasteiger partial charge in [-0.25, -0.2) is 0 Å². The Bertz CT molecular complexity index is 386. The average molecular weight is 217 g/mol. The van der Waals surface area contributed by atoms with Crippen LogP contribution in [0.5, 0.6) is 0 Å².